The molecule has 0 atom stereocenters. The number of carbonyl (C=O) groups excluding carboxylic acids is 1. The maximum atomic E-state index is 13.1. The number of benzene rings is 1. The highest BCUT2D eigenvalue weighted by molar-refractivity contribution is 5.85. The second kappa shape index (κ2) is 4.61. The summed E-state index contributed by atoms with van der Waals surface area (Å²) in [4.78, 5) is 13.3. The minimum Gasteiger partial charge on any atom is -0.377 e. The first kappa shape index (κ1) is 11.1. The number of halogens is 1. The zero-order valence-corrected chi connectivity index (χ0v) is 9.20. The van der Waals surface area contributed by atoms with Crippen LogP contribution in [0.5, 0.6) is 0 Å². The van der Waals surface area contributed by atoms with Crippen LogP contribution in [0.15, 0.2) is 18.2 Å². The van der Waals surface area contributed by atoms with Gasteiger partial charge in [-0.15, -0.1) is 0 Å². The number of nitrogens with zero attached hydrogens (tertiary/aromatic N) is 1. The van der Waals surface area contributed by atoms with E-state index in [0.717, 1.165) is 24.2 Å². The molecule has 1 aromatic rings. The molecule has 16 heavy (non-hydrogen) atoms. The lowest BCUT2D eigenvalue weighted by Crippen LogP contribution is -2.30. The van der Waals surface area contributed by atoms with Crippen molar-refractivity contribution in [3.63, 3.8) is 0 Å². The van der Waals surface area contributed by atoms with Crippen LogP contribution in [0.1, 0.15) is 5.56 Å². The zero-order chi connectivity index (χ0) is 11.5. The second-order valence-electron chi connectivity index (χ2n) is 3.92. The van der Waals surface area contributed by atoms with Gasteiger partial charge in [-0.2, -0.15) is 0 Å². The topological polar surface area (TPSA) is 29.5 Å². The highest BCUT2D eigenvalue weighted by Gasteiger charge is 2.21. The van der Waals surface area contributed by atoms with Gasteiger partial charge in [-0.3, -0.25) is 4.79 Å². The summed E-state index contributed by atoms with van der Waals surface area (Å²) in [5.41, 5.74) is 1.94. The van der Waals surface area contributed by atoms with Crippen molar-refractivity contribution in [2.24, 2.45) is 0 Å². The highest BCUT2D eigenvalue weighted by Crippen LogP contribution is 2.28. The van der Waals surface area contributed by atoms with Crippen LogP contribution in [0.3, 0.4) is 0 Å². The van der Waals surface area contributed by atoms with E-state index >= 15 is 0 Å². The van der Waals surface area contributed by atoms with E-state index in [1.807, 2.05) is 4.90 Å². The van der Waals surface area contributed by atoms with E-state index in [1.54, 1.807) is 6.07 Å². The largest absolute Gasteiger partial charge is 0.377 e. The van der Waals surface area contributed by atoms with Crippen molar-refractivity contribution in [1.29, 1.82) is 0 Å². The summed E-state index contributed by atoms with van der Waals surface area (Å²) in [6.07, 6.45) is 0.871. The maximum absolute atomic E-state index is 13.1. The quantitative estimate of drug-likeness (QED) is 0.772. The minimum absolute atomic E-state index is 0.0135. The van der Waals surface area contributed by atoms with Gasteiger partial charge in [-0.25, -0.2) is 4.39 Å². The number of carbonyl (C=O) groups is 1. The maximum Gasteiger partial charge on any atom is 0.177 e. The van der Waals surface area contributed by atoms with Gasteiger partial charge in [0.15, 0.2) is 5.78 Å². The molecule has 1 aliphatic heterocycles. The first-order chi connectivity index (χ1) is 7.70. The van der Waals surface area contributed by atoms with Crippen molar-refractivity contribution >= 4 is 11.5 Å². The minimum atomic E-state index is -0.259. The monoisotopic (exact) mass is 223 g/mol. The van der Waals surface area contributed by atoms with Crippen LogP contribution in [0, 0.1) is 5.82 Å². The zero-order valence-electron chi connectivity index (χ0n) is 9.20. The average molecular weight is 223 g/mol. The molecule has 0 saturated heterocycles. The number of ketones is 1. The van der Waals surface area contributed by atoms with Crippen LogP contribution in [-0.4, -0.2) is 32.6 Å². The third-order valence-corrected chi connectivity index (χ3v) is 2.71. The number of hydrogen-bond acceptors (Lipinski definition) is 3. The van der Waals surface area contributed by atoms with Crippen LogP contribution in [0.2, 0.25) is 0 Å². The molecule has 0 aromatic heterocycles. The lowest BCUT2D eigenvalue weighted by molar-refractivity contribution is -0.121. The van der Waals surface area contributed by atoms with Gasteiger partial charge in [-0.05, 0) is 24.1 Å². The number of methoxy groups -OCH3 is 1. The Bertz CT molecular complexity index is 406. The molecule has 0 radical (unpaired) electrons. The van der Waals surface area contributed by atoms with Crippen molar-refractivity contribution in [2.45, 2.75) is 6.42 Å². The Balaban J connectivity index is 2.11. The number of anilines is 1. The highest BCUT2D eigenvalue weighted by atomic mass is 19.1. The Morgan fingerprint density at radius 1 is 1.56 bits per heavy atom. The molecule has 0 N–H and O–H groups in total. The molecule has 3 nitrogen and oxygen atoms in total. The van der Waals surface area contributed by atoms with Gasteiger partial charge >= 0.3 is 0 Å². The third kappa shape index (κ3) is 2.22. The Labute approximate surface area is 93.8 Å². The van der Waals surface area contributed by atoms with E-state index in [4.69, 9.17) is 4.74 Å². The summed E-state index contributed by atoms with van der Waals surface area (Å²) < 4.78 is 17.9. The number of hydrogen-bond donors (Lipinski definition) is 0. The molecule has 0 saturated carbocycles. The number of rotatable bonds is 4. The molecule has 0 amide bonds. The van der Waals surface area contributed by atoms with Crippen molar-refractivity contribution in [1.82, 2.24) is 0 Å². The van der Waals surface area contributed by atoms with Crippen molar-refractivity contribution in [3.05, 3.63) is 29.6 Å². The molecule has 0 bridgehead atoms. The Hall–Kier alpha value is -1.42. The average Bonchev–Trinajstić information content (AvgIpc) is 2.61. The van der Waals surface area contributed by atoms with Crippen LogP contribution in [-0.2, 0) is 16.0 Å². The third-order valence-electron chi connectivity index (χ3n) is 2.71. The SMILES string of the molecule is COCC(=O)CN1CCc2ccc(F)cc21. The van der Waals surface area contributed by atoms with Gasteiger partial charge < -0.3 is 9.64 Å². The van der Waals surface area contributed by atoms with Gasteiger partial charge in [0.25, 0.3) is 0 Å². The van der Waals surface area contributed by atoms with E-state index in [0.29, 0.717) is 6.54 Å². The summed E-state index contributed by atoms with van der Waals surface area (Å²) in [5.74, 6) is -0.246. The van der Waals surface area contributed by atoms with E-state index < -0.39 is 0 Å². The summed E-state index contributed by atoms with van der Waals surface area (Å²) in [6, 6.07) is 4.73. The Morgan fingerprint density at radius 2 is 2.38 bits per heavy atom. The molecule has 2 rings (SSSR count). The van der Waals surface area contributed by atoms with Gasteiger partial charge in [0, 0.05) is 19.3 Å². The molecule has 0 spiro atoms. The van der Waals surface area contributed by atoms with Crippen LogP contribution < -0.4 is 4.90 Å². The molecular weight excluding hydrogens is 209 g/mol. The standard InChI is InChI=1S/C12H14FNO2/c1-16-8-11(15)7-14-5-4-9-2-3-10(13)6-12(9)14/h2-3,6H,4-5,7-8H2,1H3. The number of Topliss-reactive ketones (excluding diaryl/α,β-unsaturated/α-hetero) is 1. The lowest BCUT2D eigenvalue weighted by Gasteiger charge is -2.18. The Morgan fingerprint density at radius 3 is 3.12 bits per heavy atom. The predicted octanol–water partition coefficient (Wildman–Crippen LogP) is 1.40. The summed E-state index contributed by atoms with van der Waals surface area (Å²) >= 11 is 0. The lowest BCUT2D eigenvalue weighted by atomic mass is 10.2. The summed E-state index contributed by atoms with van der Waals surface area (Å²) in [5, 5.41) is 0. The van der Waals surface area contributed by atoms with Crippen molar-refractivity contribution < 1.29 is 13.9 Å². The van der Waals surface area contributed by atoms with E-state index in [-0.39, 0.29) is 18.2 Å². The van der Waals surface area contributed by atoms with Crippen LogP contribution in [0.25, 0.3) is 0 Å². The van der Waals surface area contributed by atoms with Crippen molar-refractivity contribution in [3.8, 4) is 0 Å². The molecular formula is C12H14FNO2. The summed E-state index contributed by atoms with van der Waals surface area (Å²) in [7, 11) is 1.50. The predicted molar refractivity (Wildman–Crippen MR) is 59.2 cm³/mol. The molecule has 1 aliphatic rings. The molecule has 4 heteroatoms. The molecule has 86 valence electrons. The molecule has 0 unspecified atom stereocenters. The first-order valence-corrected chi connectivity index (χ1v) is 5.24. The first-order valence-electron chi connectivity index (χ1n) is 5.24. The van der Waals surface area contributed by atoms with Gasteiger partial charge in [-0.1, -0.05) is 6.07 Å². The summed E-state index contributed by atoms with van der Waals surface area (Å²) in [6.45, 7) is 1.18. The van der Waals surface area contributed by atoms with Gasteiger partial charge in [0.05, 0.1) is 6.54 Å². The fraction of sp³-hybridized carbons (Fsp3) is 0.417. The van der Waals surface area contributed by atoms with Crippen LogP contribution in [0.4, 0.5) is 10.1 Å². The normalized spacial score (nSPS) is 14.0. The number of ether oxygens (including phenoxy) is 1. The fourth-order valence-corrected chi connectivity index (χ4v) is 2.00. The molecule has 1 aromatic carbocycles. The fourth-order valence-electron chi connectivity index (χ4n) is 2.00. The molecule has 0 fully saturated rings. The second-order valence-corrected chi connectivity index (χ2v) is 3.92. The van der Waals surface area contributed by atoms with E-state index in [9.17, 15) is 9.18 Å². The van der Waals surface area contributed by atoms with E-state index in [2.05, 4.69) is 0 Å². The Kier molecular flexibility index (Phi) is 3.19. The van der Waals surface area contributed by atoms with Gasteiger partial charge in [0.2, 0.25) is 0 Å². The van der Waals surface area contributed by atoms with Crippen molar-refractivity contribution in [2.75, 3.05) is 31.7 Å². The van der Waals surface area contributed by atoms with Gasteiger partial charge in [0.1, 0.15) is 12.4 Å². The molecule has 1 heterocycles. The smallest absolute Gasteiger partial charge is 0.177 e. The number of fused-ring (bicyclic) bond motifs is 1. The van der Waals surface area contributed by atoms with Crippen LogP contribution >= 0.6 is 0 Å². The van der Waals surface area contributed by atoms with E-state index in [1.165, 1.54) is 19.2 Å². The molecule has 0 aliphatic carbocycles.